The number of hydrogen-bond acceptors (Lipinski definition) is 4. The fourth-order valence-corrected chi connectivity index (χ4v) is 3.71. The summed E-state index contributed by atoms with van der Waals surface area (Å²) in [6.45, 7) is 3.00. The van der Waals surface area contributed by atoms with Crippen LogP contribution in [0.1, 0.15) is 24.8 Å². The van der Waals surface area contributed by atoms with E-state index in [1.165, 1.54) is 6.07 Å². The second-order valence-electron chi connectivity index (χ2n) is 6.15. The fraction of sp³-hybridized carbons (Fsp3) is 0.647. The summed E-state index contributed by atoms with van der Waals surface area (Å²) in [7, 11) is 3.31. The minimum atomic E-state index is -0.217. The normalized spacial score (nSPS) is 29.1. The number of ether oxygens (including phenoxy) is 3. The van der Waals surface area contributed by atoms with E-state index in [9.17, 15) is 4.39 Å². The molecule has 4 nitrogen and oxygen atoms in total. The smallest absolute Gasteiger partial charge is 0.131 e. The van der Waals surface area contributed by atoms with Crippen LogP contribution in [-0.2, 0) is 16.0 Å². The number of rotatable bonds is 4. The number of methoxy groups -OCH3 is 2. The molecule has 2 aliphatic rings. The van der Waals surface area contributed by atoms with E-state index in [2.05, 4.69) is 4.90 Å². The number of benzene rings is 1. The maximum atomic E-state index is 14.1. The van der Waals surface area contributed by atoms with E-state index in [0.717, 1.165) is 39.0 Å². The molecule has 2 saturated heterocycles. The van der Waals surface area contributed by atoms with Crippen molar-refractivity contribution in [1.82, 2.24) is 4.90 Å². The molecule has 0 saturated carbocycles. The van der Waals surface area contributed by atoms with Gasteiger partial charge in [-0.05, 0) is 31.4 Å². The Morgan fingerprint density at radius 3 is 2.91 bits per heavy atom. The molecule has 22 heavy (non-hydrogen) atoms. The fourth-order valence-electron chi connectivity index (χ4n) is 3.71. The van der Waals surface area contributed by atoms with Crippen molar-refractivity contribution in [1.29, 1.82) is 0 Å². The van der Waals surface area contributed by atoms with Gasteiger partial charge in [-0.3, -0.25) is 4.90 Å². The Kier molecular flexibility index (Phi) is 4.66. The molecule has 2 fully saturated rings. The zero-order chi connectivity index (χ0) is 15.6. The van der Waals surface area contributed by atoms with Crippen molar-refractivity contribution in [2.24, 2.45) is 0 Å². The lowest BCUT2D eigenvalue weighted by molar-refractivity contribution is -0.143. The number of likely N-dealkylation sites (tertiary alicyclic amines) is 1. The number of piperidine rings is 1. The Morgan fingerprint density at radius 1 is 1.36 bits per heavy atom. The Balaban J connectivity index is 1.73. The molecule has 3 rings (SSSR count). The second kappa shape index (κ2) is 6.52. The Bertz CT molecular complexity index is 517. The molecule has 0 unspecified atom stereocenters. The molecule has 122 valence electrons. The Labute approximate surface area is 131 Å². The third-order valence-electron chi connectivity index (χ3n) is 4.96. The second-order valence-corrected chi connectivity index (χ2v) is 6.15. The lowest BCUT2D eigenvalue weighted by Crippen LogP contribution is -2.55. The van der Waals surface area contributed by atoms with Gasteiger partial charge in [-0.25, -0.2) is 4.39 Å². The molecular formula is C17H24FNO3. The highest BCUT2D eigenvalue weighted by atomic mass is 19.1. The summed E-state index contributed by atoms with van der Waals surface area (Å²) in [5.41, 5.74) is 0.480. The van der Waals surface area contributed by atoms with Crippen LogP contribution in [0.4, 0.5) is 4.39 Å². The molecule has 0 amide bonds. The van der Waals surface area contributed by atoms with Crippen LogP contribution in [-0.4, -0.2) is 50.5 Å². The minimum absolute atomic E-state index is 0.0431. The van der Waals surface area contributed by atoms with Crippen molar-refractivity contribution >= 4 is 0 Å². The topological polar surface area (TPSA) is 30.9 Å². The van der Waals surface area contributed by atoms with Gasteiger partial charge in [0.1, 0.15) is 11.6 Å². The first-order chi connectivity index (χ1) is 10.7. The lowest BCUT2D eigenvalue weighted by Gasteiger charge is -2.44. The first kappa shape index (κ1) is 15.7. The molecular weight excluding hydrogens is 285 g/mol. The summed E-state index contributed by atoms with van der Waals surface area (Å²) >= 11 is 0. The number of hydrogen-bond donors (Lipinski definition) is 0. The van der Waals surface area contributed by atoms with E-state index in [-0.39, 0.29) is 17.5 Å². The largest absolute Gasteiger partial charge is 0.496 e. The summed E-state index contributed by atoms with van der Waals surface area (Å²) in [5.74, 6) is 0.386. The summed E-state index contributed by atoms with van der Waals surface area (Å²) < 4.78 is 31.1. The quantitative estimate of drug-likeness (QED) is 0.855. The number of halogens is 1. The van der Waals surface area contributed by atoms with Crippen molar-refractivity contribution in [3.8, 4) is 5.75 Å². The molecule has 0 N–H and O–H groups in total. The predicted molar refractivity (Wildman–Crippen MR) is 81.6 cm³/mol. The van der Waals surface area contributed by atoms with Crippen LogP contribution in [0.2, 0.25) is 0 Å². The van der Waals surface area contributed by atoms with Crippen molar-refractivity contribution < 1.29 is 18.6 Å². The van der Waals surface area contributed by atoms with E-state index >= 15 is 0 Å². The van der Waals surface area contributed by atoms with Crippen molar-refractivity contribution in [3.63, 3.8) is 0 Å². The maximum absolute atomic E-state index is 14.1. The van der Waals surface area contributed by atoms with E-state index < -0.39 is 0 Å². The zero-order valence-electron chi connectivity index (χ0n) is 13.3. The Hall–Kier alpha value is -1.17. The van der Waals surface area contributed by atoms with Crippen LogP contribution >= 0.6 is 0 Å². The molecule has 2 aliphatic heterocycles. The van der Waals surface area contributed by atoms with Gasteiger partial charge < -0.3 is 14.2 Å². The number of nitrogens with zero attached hydrogens (tertiary/aromatic N) is 1. The molecule has 5 heteroatoms. The van der Waals surface area contributed by atoms with Gasteiger partial charge in [0.05, 0.1) is 18.8 Å². The lowest BCUT2D eigenvalue weighted by atomic mass is 9.85. The average molecular weight is 309 g/mol. The van der Waals surface area contributed by atoms with Crippen LogP contribution in [0, 0.1) is 5.82 Å². The average Bonchev–Trinajstić information content (AvgIpc) is 3.00. The van der Waals surface area contributed by atoms with Gasteiger partial charge in [0.2, 0.25) is 0 Å². The third kappa shape index (κ3) is 2.85. The van der Waals surface area contributed by atoms with Crippen LogP contribution < -0.4 is 4.74 Å². The van der Waals surface area contributed by atoms with E-state index in [0.29, 0.717) is 17.9 Å². The third-order valence-corrected chi connectivity index (χ3v) is 4.96. The monoisotopic (exact) mass is 309 g/mol. The molecule has 0 bridgehead atoms. The van der Waals surface area contributed by atoms with Crippen LogP contribution in [0.15, 0.2) is 18.2 Å². The van der Waals surface area contributed by atoms with Crippen LogP contribution in [0.25, 0.3) is 0 Å². The standard InChI is InChI=1S/C17H24FNO3/c1-20-15-6-3-5-14(18)13(15)11-19-9-8-17(7-4-10-22-17)16(12-19)21-2/h3,5-6,16H,4,7-12H2,1-2H3/t16-,17-/m0/s1. The highest BCUT2D eigenvalue weighted by Gasteiger charge is 2.46. The van der Waals surface area contributed by atoms with Crippen LogP contribution in [0.3, 0.4) is 0 Å². The predicted octanol–water partition coefficient (Wildman–Crippen LogP) is 2.60. The molecule has 0 aromatic heterocycles. The van der Waals surface area contributed by atoms with Gasteiger partial charge >= 0.3 is 0 Å². The Morgan fingerprint density at radius 2 is 2.23 bits per heavy atom. The highest BCUT2D eigenvalue weighted by Crippen LogP contribution is 2.38. The molecule has 0 aliphatic carbocycles. The molecule has 2 heterocycles. The zero-order valence-corrected chi connectivity index (χ0v) is 13.3. The van der Waals surface area contributed by atoms with E-state index in [1.807, 2.05) is 0 Å². The van der Waals surface area contributed by atoms with Gasteiger partial charge in [-0.2, -0.15) is 0 Å². The van der Waals surface area contributed by atoms with Crippen molar-refractivity contribution in [3.05, 3.63) is 29.6 Å². The van der Waals surface area contributed by atoms with Gasteiger partial charge in [0, 0.05) is 38.9 Å². The van der Waals surface area contributed by atoms with Crippen molar-refractivity contribution in [2.75, 3.05) is 33.9 Å². The summed E-state index contributed by atoms with van der Waals surface area (Å²) in [6.07, 6.45) is 3.13. The molecule has 1 aromatic carbocycles. The molecule has 0 radical (unpaired) electrons. The van der Waals surface area contributed by atoms with E-state index in [4.69, 9.17) is 14.2 Å². The first-order valence-electron chi connectivity index (χ1n) is 7.89. The molecule has 1 aromatic rings. The van der Waals surface area contributed by atoms with Gasteiger partial charge in [0.25, 0.3) is 0 Å². The summed E-state index contributed by atoms with van der Waals surface area (Å²) in [6, 6.07) is 4.96. The summed E-state index contributed by atoms with van der Waals surface area (Å²) in [4.78, 5) is 2.22. The van der Waals surface area contributed by atoms with Gasteiger partial charge in [0.15, 0.2) is 0 Å². The van der Waals surface area contributed by atoms with Gasteiger partial charge in [-0.15, -0.1) is 0 Å². The van der Waals surface area contributed by atoms with Gasteiger partial charge in [-0.1, -0.05) is 6.07 Å². The minimum Gasteiger partial charge on any atom is -0.496 e. The first-order valence-corrected chi connectivity index (χ1v) is 7.89. The maximum Gasteiger partial charge on any atom is 0.131 e. The molecule has 1 spiro atoms. The van der Waals surface area contributed by atoms with Crippen LogP contribution in [0.5, 0.6) is 5.75 Å². The SMILES string of the molecule is COc1cccc(F)c1CN1CC[C@@]2(CCCO2)[C@@H](OC)C1. The highest BCUT2D eigenvalue weighted by molar-refractivity contribution is 5.34. The molecule has 2 atom stereocenters. The summed E-state index contributed by atoms with van der Waals surface area (Å²) in [5, 5.41) is 0. The van der Waals surface area contributed by atoms with Crippen molar-refractivity contribution in [2.45, 2.75) is 37.5 Å². The van der Waals surface area contributed by atoms with E-state index in [1.54, 1.807) is 26.4 Å².